The zero-order valence-corrected chi connectivity index (χ0v) is 17.3. The molecule has 1 fully saturated rings. The van der Waals surface area contributed by atoms with Crippen LogP contribution in [0.3, 0.4) is 0 Å². The van der Waals surface area contributed by atoms with Crippen molar-refractivity contribution in [1.82, 2.24) is 4.90 Å². The summed E-state index contributed by atoms with van der Waals surface area (Å²) in [6, 6.07) is 12.7. The van der Waals surface area contributed by atoms with E-state index in [1.807, 2.05) is 45.9 Å². The summed E-state index contributed by atoms with van der Waals surface area (Å²) in [6.07, 6.45) is 0.237. The Bertz CT molecular complexity index is 915. The third-order valence-electron chi connectivity index (χ3n) is 5.05. The third-order valence-corrected chi connectivity index (χ3v) is 5.05. The highest BCUT2D eigenvalue weighted by Crippen LogP contribution is 2.22. The molecule has 0 aromatic heterocycles. The van der Waals surface area contributed by atoms with Gasteiger partial charge >= 0.3 is 0 Å². The fraction of sp³-hybridized carbons (Fsp3) is 0.348. The molecule has 1 saturated heterocycles. The molecule has 1 heterocycles. The normalized spacial score (nSPS) is 16.2. The Hall–Kier alpha value is -3.15. The molecule has 1 aliphatic rings. The van der Waals surface area contributed by atoms with Crippen LogP contribution in [0.1, 0.15) is 41.8 Å². The molecule has 1 unspecified atom stereocenters. The number of likely N-dealkylation sites (tertiary alicyclic amines) is 1. The van der Waals surface area contributed by atoms with Gasteiger partial charge in [-0.15, -0.1) is 0 Å². The van der Waals surface area contributed by atoms with Crippen LogP contribution >= 0.6 is 0 Å². The summed E-state index contributed by atoms with van der Waals surface area (Å²) in [5.41, 5.74) is 4.03. The molecule has 2 aromatic carbocycles. The molecule has 0 bridgehead atoms. The van der Waals surface area contributed by atoms with Crippen LogP contribution in [0.5, 0.6) is 0 Å². The lowest BCUT2D eigenvalue weighted by atomic mass is 10.1. The van der Waals surface area contributed by atoms with Gasteiger partial charge in [0.15, 0.2) is 0 Å². The van der Waals surface area contributed by atoms with E-state index >= 15 is 0 Å². The van der Waals surface area contributed by atoms with E-state index in [1.165, 1.54) is 0 Å². The van der Waals surface area contributed by atoms with Gasteiger partial charge in [-0.3, -0.25) is 14.4 Å². The molecule has 1 atom stereocenters. The second kappa shape index (κ2) is 8.47. The van der Waals surface area contributed by atoms with Gasteiger partial charge in [-0.25, -0.2) is 0 Å². The molecule has 6 nitrogen and oxygen atoms in total. The van der Waals surface area contributed by atoms with E-state index in [4.69, 9.17) is 0 Å². The van der Waals surface area contributed by atoms with E-state index < -0.39 is 0 Å². The van der Waals surface area contributed by atoms with Crippen molar-refractivity contribution in [3.63, 3.8) is 0 Å². The third kappa shape index (κ3) is 5.02. The first-order valence-electron chi connectivity index (χ1n) is 9.83. The Kier molecular flexibility index (Phi) is 6.01. The van der Waals surface area contributed by atoms with Crippen molar-refractivity contribution < 1.29 is 14.4 Å². The summed E-state index contributed by atoms with van der Waals surface area (Å²) < 4.78 is 0. The minimum Gasteiger partial charge on any atom is -0.339 e. The lowest BCUT2D eigenvalue weighted by molar-refractivity contribution is -0.129. The topological polar surface area (TPSA) is 78.5 Å². The number of anilines is 2. The molecular weight excluding hydrogens is 366 g/mol. The van der Waals surface area contributed by atoms with E-state index in [2.05, 4.69) is 10.6 Å². The van der Waals surface area contributed by atoms with Crippen LogP contribution in [-0.2, 0) is 9.59 Å². The maximum Gasteiger partial charge on any atom is 0.255 e. The molecule has 29 heavy (non-hydrogen) atoms. The van der Waals surface area contributed by atoms with Crippen LogP contribution in [0.4, 0.5) is 11.4 Å². The van der Waals surface area contributed by atoms with Crippen molar-refractivity contribution in [2.24, 2.45) is 5.92 Å². The molecule has 152 valence electrons. The summed E-state index contributed by atoms with van der Waals surface area (Å²) in [7, 11) is 0. The Morgan fingerprint density at radius 3 is 2.14 bits per heavy atom. The van der Waals surface area contributed by atoms with Crippen LogP contribution in [0.25, 0.3) is 0 Å². The fourth-order valence-corrected chi connectivity index (χ4v) is 3.61. The number of nitrogens with zero attached hydrogens (tertiary/aromatic N) is 1. The van der Waals surface area contributed by atoms with Crippen molar-refractivity contribution in [3.8, 4) is 0 Å². The largest absolute Gasteiger partial charge is 0.339 e. The van der Waals surface area contributed by atoms with E-state index in [0.29, 0.717) is 17.8 Å². The molecule has 2 aromatic rings. The first kappa shape index (κ1) is 20.6. The van der Waals surface area contributed by atoms with Gasteiger partial charge in [0, 0.05) is 35.9 Å². The lowest BCUT2D eigenvalue weighted by Crippen LogP contribution is -2.33. The molecule has 1 aliphatic heterocycles. The molecule has 0 spiro atoms. The van der Waals surface area contributed by atoms with Gasteiger partial charge in [-0.05, 0) is 75.2 Å². The average molecular weight is 393 g/mol. The van der Waals surface area contributed by atoms with Crippen LogP contribution < -0.4 is 10.6 Å². The van der Waals surface area contributed by atoms with Gasteiger partial charge in [-0.1, -0.05) is 6.07 Å². The molecular formula is C23H27N3O3. The summed E-state index contributed by atoms with van der Waals surface area (Å²) in [5, 5.41) is 5.74. The zero-order chi connectivity index (χ0) is 21.1. The van der Waals surface area contributed by atoms with Gasteiger partial charge in [0.25, 0.3) is 5.91 Å². The lowest BCUT2D eigenvalue weighted by Gasteiger charge is -2.20. The van der Waals surface area contributed by atoms with Crippen molar-refractivity contribution in [1.29, 1.82) is 0 Å². The predicted octanol–water partition coefficient (Wildman–Crippen LogP) is 3.75. The van der Waals surface area contributed by atoms with Gasteiger partial charge in [-0.2, -0.15) is 0 Å². The monoisotopic (exact) mass is 393 g/mol. The molecule has 3 amide bonds. The number of amides is 3. The second-order valence-electron chi connectivity index (χ2n) is 7.94. The summed E-state index contributed by atoms with van der Waals surface area (Å²) in [4.78, 5) is 38.7. The maximum absolute atomic E-state index is 12.5. The number of nitrogens with one attached hydrogen (secondary N) is 2. The van der Waals surface area contributed by atoms with E-state index in [9.17, 15) is 14.4 Å². The van der Waals surface area contributed by atoms with Crippen molar-refractivity contribution >= 4 is 29.1 Å². The number of hydrogen-bond acceptors (Lipinski definition) is 3. The Morgan fingerprint density at radius 1 is 0.966 bits per heavy atom. The van der Waals surface area contributed by atoms with Crippen LogP contribution in [0.15, 0.2) is 42.5 Å². The first-order valence-corrected chi connectivity index (χ1v) is 9.83. The van der Waals surface area contributed by atoms with E-state index in [-0.39, 0.29) is 36.1 Å². The van der Waals surface area contributed by atoms with Crippen molar-refractivity contribution in [2.75, 3.05) is 17.2 Å². The number of carbonyl (C=O) groups excluding carboxylic acids is 3. The van der Waals surface area contributed by atoms with E-state index in [1.54, 1.807) is 29.2 Å². The molecule has 6 heteroatoms. The summed E-state index contributed by atoms with van der Waals surface area (Å²) >= 11 is 0. The summed E-state index contributed by atoms with van der Waals surface area (Å²) in [5.74, 6) is -0.716. The fourth-order valence-electron chi connectivity index (χ4n) is 3.61. The number of aryl methyl sites for hydroxylation is 2. The smallest absolute Gasteiger partial charge is 0.255 e. The Balaban J connectivity index is 1.60. The van der Waals surface area contributed by atoms with Gasteiger partial charge in [0.05, 0.1) is 5.92 Å². The molecule has 0 saturated carbocycles. The van der Waals surface area contributed by atoms with Crippen LogP contribution in [0, 0.1) is 19.8 Å². The van der Waals surface area contributed by atoms with Gasteiger partial charge in [0.1, 0.15) is 0 Å². The second-order valence-corrected chi connectivity index (χ2v) is 7.94. The number of benzene rings is 2. The predicted molar refractivity (Wildman–Crippen MR) is 114 cm³/mol. The molecule has 0 aliphatic carbocycles. The highest BCUT2D eigenvalue weighted by atomic mass is 16.2. The summed E-state index contributed by atoms with van der Waals surface area (Å²) in [6.45, 7) is 8.30. The highest BCUT2D eigenvalue weighted by Gasteiger charge is 2.35. The molecule has 2 N–H and O–H groups in total. The first-order chi connectivity index (χ1) is 13.7. The molecule has 3 rings (SSSR count). The number of carbonyl (C=O) groups is 3. The standard InChI is InChI=1S/C23H27N3O3/c1-14(2)26-13-18(12-21(26)27)23(29)24-19-7-5-17(6-8-19)22(28)25-20-10-15(3)9-16(4)11-20/h5-11,14,18H,12-13H2,1-4H3,(H,24,29)(H,25,28). The quantitative estimate of drug-likeness (QED) is 0.812. The van der Waals surface area contributed by atoms with E-state index in [0.717, 1.165) is 16.8 Å². The minimum atomic E-state index is -0.350. The van der Waals surface area contributed by atoms with Crippen molar-refractivity contribution in [3.05, 3.63) is 59.2 Å². The average Bonchev–Trinajstić information content (AvgIpc) is 3.03. The zero-order valence-electron chi connectivity index (χ0n) is 17.3. The number of rotatable bonds is 5. The van der Waals surface area contributed by atoms with Crippen LogP contribution in [0.2, 0.25) is 0 Å². The van der Waals surface area contributed by atoms with Crippen LogP contribution in [-0.4, -0.2) is 35.2 Å². The Labute approximate surface area is 171 Å². The maximum atomic E-state index is 12.5. The minimum absolute atomic E-state index is 0.0126. The Morgan fingerprint density at radius 2 is 1.59 bits per heavy atom. The highest BCUT2D eigenvalue weighted by molar-refractivity contribution is 6.05. The van der Waals surface area contributed by atoms with Crippen molar-refractivity contribution in [2.45, 2.75) is 40.2 Å². The number of hydrogen-bond donors (Lipinski definition) is 2. The molecule has 0 radical (unpaired) electrons. The van der Waals surface area contributed by atoms with Gasteiger partial charge < -0.3 is 15.5 Å². The SMILES string of the molecule is Cc1cc(C)cc(NC(=O)c2ccc(NC(=O)C3CC(=O)N(C(C)C)C3)cc2)c1. The van der Waals surface area contributed by atoms with Gasteiger partial charge in [0.2, 0.25) is 11.8 Å².